The highest BCUT2D eigenvalue weighted by Crippen LogP contribution is 2.29. The molecule has 0 aliphatic rings. The first-order valence-corrected chi connectivity index (χ1v) is 10.5. The number of ether oxygens (including phenoxy) is 1. The van der Waals surface area contributed by atoms with Gasteiger partial charge in [0.1, 0.15) is 28.5 Å². The van der Waals surface area contributed by atoms with E-state index in [9.17, 15) is 9.18 Å². The van der Waals surface area contributed by atoms with Crippen LogP contribution in [-0.4, -0.2) is 31.0 Å². The Morgan fingerprint density at radius 1 is 1.16 bits per heavy atom. The summed E-state index contributed by atoms with van der Waals surface area (Å²) in [5.74, 6) is 0.237. The average Bonchev–Trinajstić information content (AvgIpc) is 3.43. The summed E-state index contributed by atoms with van der Waals surface area (Å²) in [4.78, 5) is 16.6. The van der Waals surface area contributed by atoms with Crippen LogP contribution in [0.25, 0.3) is 10.7 Å². The summed E-state index contributed by atoms with van der Waals surface area (Å²) in [7, 11) is 0. The number of rotatable bonds is 5. The topological polar surface area (TPSA) is 107 Å². The summed E-state index contributed by atoms with van der Waals surface area (Å²) >= 11 is 1.36. The lowest BCUT2D eigenvalue weighted by Crippen LogP contribution is -2.22. The van der Waals surface area contributed by atoms with Crippen molar-refractivity contribution in [1.82, 2.24) is 25.0 Å². The molecule has 0 aliphatic carbocycles. The first-order chi connectivity index (χ1) is 15.3. The van der Waals surface area contributed by atoms with Crippen molar-refractivity contribution in [3.05, 3.63) is 60.3 Å². The largest absolute Gasteiger partial charge is 0.457 e. The Kier molecular flexibility index (Phi) is 5.82. The number of hydrogen-bond donors (Lipinski definition) is 2. The van der Waals surface area contributed by atoms with E-state index >= 15 is 0 Å². The number of pyridine rings is 1. The second-order valence-electron chi connectivity index (χ2n) is 7.79. The third-order valence-corrected chi connectivity index (χ3v) is 4.97. The summed E-state index contributed by atoms with van der Waals surface area (Å²) in [6, 6.07) is 6.86. The van der Waals surface area contributed by atoms with Crippen molar-refractivity contribution in [2.75, 3.05) is 10.6 Å². The molecule has 0 fully saturated rings. The van der Waals surface area contributed by atoms with Crippen molar-refractivity contribution < 1.29 is 13.9 Å². The first kappa shape index (κ1) is 21.4. The van der Waals surface area contributed by atoms with Gasteiger partial charge in [0.25, 0.3) is 0 Å². The molecule has 0 radical (unpaired) electrons. The molecule has 2 N–H and O–H groups in total. The number of nitrogens with zero attached hydrogens (tertiary/aromatic N) is 5. The Labute approximate surface area is 187 Å². The number of urea groups is 1. The maximum atomic E-state index is 14.3. The fourth-order valence-electron chi connectivity index (χ4n) is 2.71. The van der Waals surface area contributed by atoms with Gasteiger partial charge in [-0.25, -0.2) is 9.18 Å². The summed E-state index contributed by atoms with van der Waals surface area (Å²) in [6.07, 6.45) is 4.81. The predicted octanol–water partition coefficient (Wildman–Crippen LogP) is 5.13. The van der Waals surface area contributed by atoms with Crippen molar-refractivity contribution in [2.24, 2.45) is 0 Å². The van der Waals surface area contributed by atoms with E-state index < -0.39 is 11.8 Å². The van der Waals surface area contributed by atoms with Crippen LogP contribution in [0, 0.1) is 5.82 Å². The molecule has 2 amide bonds. The first-order valence-electron chi connectivity index (χ1n) is 9.61. The van der Waals surface area contributed by atoms with Crippen LogP contribution in [-0.2, 0) is 5.54 Å². The maximum absolute atomic E-state index is 14.3. The zero-order chi connectivity index (χ0) is 22.7. The van der Waals surface area contributed by atoms with Crippen LogP contribution in [0.4, 0.5) is 20.6 Å². The third kappa shape index (κ3) is 5.06. The molecule has 4 rings (SSSR count). The molecule has 3 heterocycles. The van der Waals surface area contributed by atoms with Gasteiger partial charge in [-0.1, -0.05) is 11.3 Å². The molecule has 164 valence electrons. The van der Waals surface area contributed by atoms with E-state index in [-0.39, 0.29) is 11.2 Å². The van der Waals surface area contributed by atoms with Crippen molar-refractivity contribution in [2.45, 2.75) is 26.3 Å². The highest BCUT2D eigenvalue weighted by Gasteiger charge is 2.15. The Balaban J connectivity index is 1.45. The second kappa shape index (κ2) is 8.71. The van der Waals surface area contributed by atoms with Gasteiger partial charge in [0, 0.05) is 24.5 Å². The lowest BCUT2D eigenvalue weighted by molar-refractivity contribution is 0.262. The molecule has 0 aliphatic heterocycles. The monoisotopic (exact) mass is 453 g/mol. The number of nitrogens with one attached hydrogen (secondary N) is 2. The van der Waals surface area contributed by atoms with E-state index in [1.54, 1.807) is 34.7 Å². The van der Waals surface area contributed by atoms with Crippen molar-refractivity contribution >= 4 is 28.7 Å². The summed E-state index contributed by atoms with van der Waals surface area (Å²) in [5, 5.41) is 17.8. The highest BCUT2D eigenvalue weighted by atomic mass is 32.1. The van der Waals surface area contributed by atoms with E-state index in [1.807, 2.05) is 20.8 Å². The summed E-state index contributed by atoms with van der Waals surface area (Å²) < 4.78 is 21.8. The zero-order valence-corrected chi connectivity index (χ0v) is 18.4. The van der Waals surface area contributed by atoms with Gasteiger partial charge in [-0.15, -0.1) is 10.2 Å². The molecule has 0 saturated heterocycles. The average molecular weight is 454 g/mol. The van der Waals surface area contributed by atoms with Gasteiger partial charge in [-0.05, 0) is 39.0 Å². The molecule has 0 unspecified atom stereocenters. The quantitative estimate of drug-likeness (QED) is 0.434. The molecule has 1 aromatic carbocycles. The van der Waals surface area contributed by atoms with Crippen LogP contribution < -0.4 is 15.4 Å². The molecule has 0 saturated carbocycles. The number of hydrogen-bond acceptors (Lipinski definition) is 7. The molecule has 3 aromatic heterocycles. The van der Waals surface area contributed by atoms with Crippen molar-refractivity contribution in [3.63, 3.8) is 0 Å². The highest BCUT2D eigenvalue weighted by molar-refractivity contribution is 7.12. The van der Waals surface area contributed by atoms with Crippen LogP contribution >= 0.6 is 11.3 Å². The molecule has 0 atom stereocenters. The van der Waals surface area contributed by atoms with Gasteiger partial charge < -0.3 is 15.4 Å². The smallest absolute Gasteiger partial charge is 0.323 e. The fourth-order valence-corrected chi connectivity index (χ4v) is 3.24. The van der Waals surface area contributed by atoms with Crippen LogP contribution in [0.3, 0.4) is 0 Å². The number of amides is 2. The van der Waals surface area contributed by atoms with Crippen LogP contribution in [0.15, 0.2) is 54.4 Å². The number of aromatic nitrogens is 5. The molecule has 0 bridgehead atoms. The fraction of sp³-hybridized carbons (Fsp3) is 0.190. The van der Waals surface area contributed by atoms with E-state index in [0.29, 0.717) is 27.9 Å². The van der Waals surface area contributed by atoms with Gasteiger partial charge in [0.2, 0.25) is 0 Å². The molecule has 4 aromatic rings. The third-order valence-electron chi connectivity index (χ3n) is 4.26. The number of halogens is 1. The summed E-state index contributed by atoms with van der Waals surface area (Å²) in [6.45, 7) is 5.97. The van der Waals surface area contributed by atoms with E-state index in [2.05, 4.69) is 30.9 Å². The zero-order valence-electron chi connectivity index (χ0n) is 17.5. The normalized spacial score (nSPS) is 11.2. The molecule has 32 heavy (non-hydrogen) atoms. The number of benzene rings is 1. The van der Waals surface area contributed by atoms with Crippen molar-refractivity contribution in [1.29, 1.82) is 0 Å². The Hall–Kier alpha value is -3.86. The van der Waals surface area contributed by atoms with Crippen molar-refractivity contribution in [3.8, 4) is 22.2 Å². The van der Waals surface area contributed by atoms with E-state index in [1.165, 1.54) is 35.7 Å². The van der Waals surface area contributed by atoms with E-state index in [4.69, 9.17) is 4.74 Å². The lowest BCUT2D eigenvalue weighted by atomic mass is 10.1. The SMILES string of the molecule is CC(C)(C)n1cc(NC(=O)Nc2cc(Oc3ccnc(-c4nncs4)c3)ccc2F)cn1. The molecular weight excluding hydrogens is 433 g/mol. The van der Waals surface area contributed by atoms with Gasteiger partial charge >= 0.3 is 6.03 Å². The number of anilines is 2. The Morgan fingerprint density at radius 2 is 1.97 bits per heavy atom. The molecule has 11 heteroatoms. The van der Waals surface area contributed by atoms with Gasteiger partial charge in [-0.2, -0.15) is 5.10 Å². The lowest BCUT2D eigenvalue weighted by Gasteiger charge is -2.18. The van der Waals surface area contributed by atoms with Crippen LogP contribution in [0.2, 0.25) is 0 Å². The minimum Gasteiger partial charge on any atom is -0.457 e. The Bertz CT molecular complexity index is 1240. The molecular formula is C21H20FN7O2S. The standard InChI is InChI=1S/C21H20FN7O2S/c1-21(2,3)29-11-13(10-25-29)26-20(30)27-17-8-14(4-5-16(17)22)31-15-6-7-23-18(9-15)19-28-24-12-32-19/h4-12H,1-3H3,(H2,26,27,30). The second-order valence-corrected chi connectivity index (χ2v) is 8.62. The minimum atomic E-state index is -0.600. The maximum Gasteiger partial charge on any atom is 0.323 e. The van der Waals surface area contributed by atoms with Crippen LogP contribution in [0.5, 0.6) is 11.5 Å². The molecule has 0 spiro atoms. The number of carbonyl (C=O) groups excluding carboxylic acids is 1. The Morgan fingerprint density at radius 3 is 2.69 bits per heavy atom. The summed E-state index contributed by atoms with van der Waals surface area (Å²) in [5.41, 5.74) is 2.46. The van der Waals surface area contributed by atoms with E-state index in [0.717, 1.165) is 0 Å². The minimum absolute atomic E-state index is 0.0263. The number of carbonyl (C=O) groups is 1. The molecule has 9 nitrogen and oxygen atoms in total. The predicted molar refractivity (Wildman–Crippen MR) is 119 cm³/mol. The van der Waals surface area contributed by atoms with Gasteiger partial charge in [-0.3, -0.25) is 9.67 Å². The van der Waals surface area contributed by atoms with Crippen LogP contribution in [0.1, 0.15) is 20.8 Å². The van der Waals surface area contributed by atoms with Gasteiger partial charge in [0.05, 0.1) is 23.1 Å². The van der Waals surface area contributed by atoms with Gasteiger partial charge in [0.15, 0.2) is 5.01 Å².